The van der Waals surface area contributed by atoms with Crippen LogP contribution < -0.4 is 10.2 Å². The molecule has 0 saturated carbocycles. The third-order valence-electron chi connectivity index (χ3n) is 4.27. The van der Waals surface area contributed by atoms with E-state index in [0.717, 1.165) is 13.1 Å². The van der Waals surface area contributed by atoms with Crippen LogP contribution in [-0.4, -0.2) is 24.7 Å². The van der Waals surface area contributed by atoms with E-state index in [1.54, 1.807) is 0 Å². The SMILES string of the molecule is CC1CN(c2ccccc2C(C)C)C(C)(C)CCN1. The van der Waals surface area contributed by atoms with E-state index in [-0.39, 0.29) is 5.54 Å². The van der Waals surface area contributed by atoms with Crippen molar-refractivity contribution in [2.24, 2.45) is 0 Å². The van der Waals surface area contributed by atoms with E-state index < -0.39 is 0 Å². The van der Waals surface area contributed by atoms with Gasteiger partial charge in [-0.05, 0) is 51.3 Å². The first kappa shape index (κ1) is 14.4. The van der Waals surface area contributed by atoms with Crippen LogP contribution >= 0.6 is 0 Å². The van der Waals surface area contributed by atoms with Gasteiger partial charge in [0.25, 0.3) is 0 Å². The van der Waals surface area contributed by atoms with E-state index >= 15 is 0 Å². The molecule has 19 heavy (non-hydrogen) atoms. The number of para-hydroxylation sites is 1. The van der Waals surface area contributed by atoms with Crippen LogP contribution in [0.2, 0.25) is 0 Å². The maximum atomic E-state index is 3.61. The van der Waals surface area contributed by atoms with Gasteiger partial charge in [-0.1, -0.05) is 32.0 Å². The monoisotopic (exact) mass is 260 g/mol. The van der Waals surface area contributed by atoms with Crippen LogP contribution in [0.3, 0.4) is 0 Å². The Hall–Kier alpha value is -1.02. The predicted octanol–water partition coefficient (Wildman–Crippen LogP) is 3.78. The Bertz CT molecular complexity index is 423. The summed E-state index contributed by atoms with van der Waals surface area (Å²) >= 11 is 0. The smallest absolute Gasteiger partial charge is 0.0406 e. The third kappa shape index (κ3) is 3.11. The molecule has 1 atom stereocenters. The van der Waals surface area contributed by atoms with Crippen molar-refractivity contribution < 1.29 is 0 Å². The number of benzene rings is 1. The van der Waals surface area contributed by atoms with E-state index in [4.69, 9.17) is 0 Å². The lowest BCUT2D eigenvalue weighted by Crippen LogP contribution is -2.46. The van der Waals surface area contributed by atoms with E-state index in [0.29, 0.717) is 12.0 Å². The Morgan fingerprint density at radius 3 is 2.63 bits per heavy atom. The van der Waals surface area contributed by atoms with E-state index in [1.807, 2.05) is 0 Å². The summed E-state index contributed by atoms with van der Waals surface area (Å²) in [4.78, 5) is 2.60. The number of hydrogen-bond donors (Lipinski definition) is 1. The molecule has 1 fully saturated rings. The topological polar surface area (TPSA) is 15.3 Å². The predicted molar refractivity (Wildman–Crippen MR) is 84.0 cm³/mol. The fraction of sp³-hybridized carbons (Fsp3) is 0.647. The molecule has 0 aliphatic carbocycles. The van der Waals surface area contributed by atoms with Gasteiger partial charge in [0.1, 0.15) is 0 Å². The Kier molecular flexibility index (Phi) is 4.19. The fourth-order valence-electron chi connectivity index (χ4n) is 2.99. The zero-order valence-corrected chi connectivity index (χ0v) is 13.0. The second-order valence-corrected chi connectivity index (χ2v) is 6.74. The molecule has 1 N–H and O–H groups in total. The highest BCUT2D eigenvalue weighted by molar-refractivity contribution is 5.57. The molecular formula is C17H28N2. The van der Waals surface area contributed by atoms with Crippen LogP contribution in [0.15, 0.2) is 24.3 Å². The molecule has 0 aromatic heterocycles. The number of rotatable bonds is 2. The maximum Gasteiger partial charge on any atom is 0.0406 e. The Morgan fingerprint density at radius 2 is 1.95 bits per heavy atom. The van der Waals surface area contributed by atoms with Crippen LogP contribution in [0.5, 0.6) is 0 Å². The summed E-state index contributed by atoms with van der Waals surface area (Å²) in [5.41, 5.74) is 3.09. The minimum Gasteiger partial charge on any atom is -0.365 e. The van der Waals surface area contributed by atoms with Crippen LogP contribution in [0.4, 0.5) is 5.69 Å². The highest BCUT2D eigenvalue weighted by atomic mass is 15.2. The first-order chi connectivity index (χ1) is 8.92. The van der Waals surface area contributed by atoms with Gasteiger partial charge in [-0.25, -0.2) is 0 Å². The summed E-state index contributed by atoms with van der Waals surface area (Å²) in [7, 11) is 0. The number of anilines is 1. The van der Waals surface area contributed by atoms with Crippen molar-refractivity contribution in [3.8, 4) is 0 Å². The fourth-order valence-corrected chi connectivity index (χ4v) is 2.99. The normalized spacial score (nSPS) is 23.5. The maximum absolute atomic E-state index is 3.61. The van der Waals surface area contributed by atoms with Gasteiger partial charge < -0.3 is 10.2 Å². The summed E-state index contributed by atoms with van der Waals surface area (Å²) in [6.07, 6.45) is 1.18. The molecule has 106 valence electrons. The van der Waals surface area contributed by atoms with Gasteiger partial charge >= 0.3 is 0 Å². The van der Waals surface area contributed by atoms with Gasteiger partial charge in [0.05, 0.1) is 0 Å². The summed E-state index contributed by atoms with van der Waals surface area (Å²) in [6, 6.07) is 9.43. The van der Waals surface area contributed by atoms with Gasteiger partial charge in [0, 0.05) is 23.8 Å². The van der Waals surface area contributed by atoms with Crippen molar-refractivity contribution in [2.45, 2.75) is 58.5 Å². The molecule has 1 aliphatic rings. The van der Waals surface area contributed by atoms with Crippen molar-refractivity contribution in [3.05, 3.63) is 29.8 Å². The van der Waals surface area contributed by atoms with Gasteiger partial charge in [0.2, 0.25) is 0 Å². The molecular weight excluding hydrogens is 232 g/mol. The molecule has 1 aromatic rings. The van der Waals surface area contributed by atoms with Gasteiger partial charge in [-0.3, -0.25) is 0 Å². The average molecular weight is 260 g/mol. The Labute approximate surface area is 118 Å². The quantitative estimate of drug-likeness (QED) is 0.870. The Balaban J connectivity index is 2.42. The van der Waals surface area contributed by atoms with E-state index in [9.17, 15) is 0 Å². The molecule has 0 bridgehead atoms. The summed E-state index contributed by atoms with van der Waals surface area (Å²) in [6.45, 7) is 13.8. The Morgan fingerprint density at radius 1 is 1.26 bits per heavy atom. The van der Waals surface area contributed by atoms with Gasteiger partial charge in [-0.2, -0.15) is 0 Å². The van der Waals surface area contributed by atoms with E-state index in [2.05, 4.69) is 69.1 Å². The molecule has 1 heterocycles. The molecule has 1 aromatic carbocycles. The molecule has 0 spiro atoms. The highest BCUT2D eigenvalue weighted by Crippen LogP contribution is 2.34. The molecule has 2 nitrogen and oxygen atoms in total. The summed E-state index contributed by atoms with van der Waals surface area (Å²) in [5.74, 6) is 0.568. The standard InChI is InChI=1S/C17H28N2/c1-13(2)15-8-6-7-9-16(15)19-12-14(3)18-11-10-17(19,4)5/h6-9,13-14,18H,10-12H2,1-5H3. The van der Waals surface area contributed by atoms with Crippen molar-refractivity contribution in [2.75, 3.05) is 18.0 Å². The molecule has 2 heteroatoms. The first-order valence-electron chi connectivity index (χ1n) is 7.52. The number of nitrogens with one attached hydrogen (secondary N) is 1. The van der Waals surface area contributed by atoms with Crippen LogP contribution in [0, 0.1) is 0 Å². The highest BCUT2D eigenvalue weighted by Gasteiger charge is 2.31. The van der Waals surface area contributed by atoms with Crippen LogP contribution in [0.1, 0.15) is 52.5 Å². The average Bonchev–Trinajstić information content (AvgIpc) is 2.48. The minimum atomic E-state index is 0.211. The molecule has 0 amide bonds. The van der Waals surface area contributed by atoms with Gasteiger partial charge in [0.15, 0.2) is 0 Å². The van der Waals surface area contributed by atoms with E-state index in [1.165, 1.54) is 17.7 Å². The minimum absolute atomic E-state index is 0.211. The lowest BCUT2D eigenvalue weighted by molar-refractivity contribution is 0.451. The molecule has 2 rings (SSSR count). The second kappa shape index (κ2) is 5.54. The second-order valence-electron chi connectivity index (χ2n) is 6.74. The zero-order chi connectivity index (χ0) is 14.0. The summed E-state index contributed by atoms with van der Waals surface area (Å²) in [5, 5.41) is 3.61. The molecule has 1 saturated heterocycles. The molecule has 0 radical (unpaired) electrons. The molecule has 1 unspecified atom stereocenters. The third-order valence-corrected chi connectivity index (χ3v) is 4.27. The number of hydrogen-bond acceptors (Lipinski definition) is 2. The van der Waals surface area contributed by atoms with Crippen molar-refractivity contribution >= 4 is 5.69 Å². The lowest BCUT2D eigenvalue weighted by Gasteiger charge is -2.41. The van der Waals surface area contributed by atoms with Gasteiger partial charge in [-0.15, -0.1) is 0 Å². The van der Waals surface area contributed by atoms with Crippen molar-refractivity contribution in [1.82, 2.24) is 5.32 Å². The lowest BCUT2D eigenvalue weighted by atomic mass is 9.94. The van der Waals surface area contributed by atoms with Crippen molar-refractivity contribution in [1.29, 1.82) is 0 Å². The van der Waals surface area contributed by atoms with Crippen LogP contribution in [-0.2, 0) is 0 Å². The largest absolute Gasteiger partial charge is 0.365 e. The zero-order valence-electron chi connectivity index (χ0n) is 13.0. The first-order valence-corrected chi connectivity index (χ1v) is 7.52. The molecule has 1 aliphatic heterocycles. The number of nitrogens with zero attached hydrogens (tertiary/aromatic N) is 1. The van der Waals surface area contributed by atoms with Crippen molar-refractivity contribution in [3.63, 3.8) is 0 Å². The summed E-state index contributed by atoms with van der Waals surface area (Å²) < 4.78 is 0. The van der Waals surface area contributed by atoms with Crippen LogP contribution in [0.25, 0.3) is 0 Å².